The number of thiophene rings is 1. The van der Waals surface area contributed by atoms with Gasteiger partial charge < -0.3 is 4.74 Å². The summed E-state index contributed by atoms with van der Waals surface area (Å²) in [6.45, 7) is 3.98. The number of benzene rings is 1. The minimum atomic E-state index is 0.731. The molecule has 3 aromatic rings. The van der Waals surface area contributed by atoms with Crippen molar-refractivity contribution in [3.63, 3.8) is 0 Å². The van der Waals surface area contributed by atoms with Gasteiger partial charge in [0.05, 0.1) is 33.8 Å². The fraction of sp³-hybridized carbons (Fsp3) is 0.200. The average Bonchev–Trinajstić information content (AvgIpc) is 3.08. The van der Waals surface area contributed by atoms with Crippen LogP contribution >= 0.6 is 22.7 Å². The first kappa shape index (κ1) is 13.1. The number of nitrogens with zero attached hydrogens (tertiary/aromatic N) is 2. The molecule has 0 saturated carbocycles. The van der Waals surface area contributed by atoms with Gasteiger partial charge in [-0.25, -0.2) is 4.98 Å². The van der Waals surface area contributed by atoms with Crippen LogP contribution in [0.4, 0.5) is 0 Å². The molecule has 1 aromatic carbocycles. The zero-order valence-electron chi connectivity index (χ0n) is 11.4. The Morgan fingerprint density at radius 1 is 1.25 bits per heavy atom. The van der Waals surface area contributed by atoms with Crippen molar-refractivity contribution in [3.05, 3.63) is 34.9 Å². The molecule has 20 heavy (non-hydrogen) atoms. The maximum atomic E-state index is 9.18. The van der Waals surface area contributed by atoms with E-state index in [1.54, 1.807) is 29.8 Å². The summed E-state index contributed by atoms with van der Waals surface area (Å²) >= 11 is 3.22. The van der Waals surface area contributed by atoms with Crippen molar-refractivity contribution in [1.29, 1.82) is 5.26 Å². The summed E-state index contributed by atoms with van der Waals surface area (Å²) in [5, 5.41) is 11.0. The van der Waals surface area contributed by atoms with Crippen molar-refractivity contribution in [2.45, 2.75) is 13.8 Å². The topological polar surface area (TPSA) is 45.9 Å². The van der Waals surface area contributed by atoms with Gasteiger partial charge in [0.15, 0.2) is 5.06 Å². The first-order valence-corrected chi connectivity index (χ1v) is 7.72. The highest BCUT2D eigenvalue weighted by Crippen LogP contribution is 2.39. The van der Waals surface area contributed by atoms with Crippen LogP contribution in [0.25, 0.3) is 20.1 Å². The van der Waals surface area contributed by atoms with Crippen LogP contribution in [0.1, 0.15) is 16.7 Å². The minimum Gasteiger partial charge on any atom is -0.487 e. The molecular formula is C15H12N2OS2. The zero-order valence-corrected chi connectivity index (χ0v) is 13.0. The molecule has 0 saturated heterocycles. The highest BCUT2D eigenvalue weighted by atomic mass is 32.1. The number of hydrogen-bond acceptors (Lipinski definition) is 5. The van der Waals surface area contributed by atoms with Crippen LogP contribution in [-0.4, -0.2) is 12.1 Å². The van der Waals surface area contributed by atoms with Gasteiger partial charge in [-0.05, 0) is 43.2 Å². The highest BCUT2D eigenvalue weighted by Gasteiger charge is 2.14. The molecule has 0 aliphatic heterocycles. The second-order valence-electron chi connectivity index (χ2n) is 4.50. The Morgan fingerprint density at radius 2 is 2.05 bits per heavy atom. The summed E-state index contributed by atoms with van der Waals surface area (Å²) in [5.74, 6) is 0. The van der Waals surface area contributed by atoms with E-state index < -0.39 is 0 Å². The summed E-state index contributed by atoms with van der Waals surface area (Å²) in [6, 6.07) is 8.14. The Balaban J connectivity index is 2.23. The molecule has 0 amide bonds. The van der Waals surface area contributed by atoms with Crippen LogP contribution in [-0.2, 0) is 0 Å². The Morgan fingerprint density at radius 3 is 2.70 bits per heavy atom. The Labute approximate surface area is 125 Å². The Hall–Kier alpha value is -1.90. The molecule has 2 aromatic heterocycles. The molecule has 0 unspecified atom stereocenters. The summed E-state index contributed by atoms with van der Waals surface area (Å²) in [6.07, 6.45) is 0. The largest absolute Gasteiger partial charge is 0.487 e. The third kappa shape index (κ3) is 1.98. The van der Waals surface area contributed by atoms with E-state index in [0.29, 0.717) is 0 Å². The van der Waals surface area contributed by atoms with E-state index in [2.05, 4.69) is 6.07 Å². The van der Waals surface area contributed by atoms with Crippen LogP contribution < -0.4 is 4.74 Å². The van der Waals surface area contributed by atoms with Crippen LogP contribution in [0.5, 0.6) is 5.06 Å². The van der Waals surface area contributed by atoms with E-state index in [9.17, 15) is 5.26 Å². The fourth-order valence-corrected chi connectivity index (χ4v) is 4.14. The molecule has 0 bridgehead atoms. The van der Waals surface area contributed by atoms with Crippen molar-refractivity contribution >= 4 is 32.9 Å². The molecule has 0 aliphatic rings. The lowest BCUT2D eigenvalue weighted by molar-refractivity contribution is 0.427. The van der Waals surface area contributed by atoms with Gasteiger partial charge in [-0.15, -0.1) is 11.3 Å². The third-order valence-electron chi connectivity index (χ3n) is 3.22. The maximum absolute atomic E-state index is 9.18. The molecule has 0 N–H and O–H groups in total. The van der Waals surface area contributed by atoms with Crippen LogP contribution in [0.2, 0.25) is 0 Å². The van der Waals surface area contributed by atoms with E-state index in [-0.39, 0.29) is 0 Å². The molecule has 5 heteroatoms. The lowest BCUT2D eigenvalue weighted by Crippen LogP contribution is -1.86. The molecule has 100 valence electrons. The van der Waals surface area contributed by atoms with Gasteiger partial charge >= 0.3 is 0 Å². The quantitative estimate of drug-likeness (QED) is 0.699. The normalized spacial score (nSPS) is 10.7. The average molecular weight is 300 g/mol. The van der Waals surface area contributed by atoms with Gasteiger partial charge in [0.25, 0.3) is 0 Å². The monoisotopic (exact) mass is 300 g/mol. The third-order valence-corrected chi connectivity index (χ3v) is 5.61. The lowest BCUT2D eigenvalue weighted by Gasteiger charge is -2.00. The van der Waals surface area contributed by atoms with Crippen molar-refractivity contribution in [1.82, 2.24) is 4.98 Å². The second kappa shape index (κ2) is 4.89. The maximum Gasteiger partial charge on any atom is 0.173 e. The molecule has 3 nitrogen and oxygen atoms in total. The van der Waals surface area contributed by atoms with Gasteiger partial charge in [0.2, 0.25) is 0 Å². The smallest absolute Gasteiger partial charge is 0.173 e. The SMILES string of the molecule is COc1ccc(-c2nc3c(C)cc(C#N)c(C)c3s2)s1. The van der Waals surface area contributed by atoms with Crippen molar-refractivity contribution < 1.29 is 4.74 Å². The molecule has 2 heterocycles. The van der Waals surface area contributed by atoms with E-state index in [1.807, 2.05) is 32.0 Å². The predicted molar refractivity (Wildman–Crippen MR) is 83.7 cm³/mol. The van der Waals surface area contributed by atoms with Gasteiger partial charge in [0, 0.05) is 0 Å². The molecule has 0 aliphatic carbocycles. The number of aryl methyl sites for hydroxylation is 2. The molecular weight excluding hydrogens is 288 g/mol. The van der Waals surface area contributed by atoms with Crippen LogP contribution in [0, 0.1) is 25.2 Å². The number of nitriles is 1. The van der Waals surface area contributed by atoms with Crippen LogP contribution in [0.3, 0.4) is 0 Å². The lowest BCUT2D eigenvalue weighted by atomic mass is 10.1. The van der Waals surface area contributed by atoms with Gasteiger partial charge in [0.1, 0.15) is 5.01 Å². The van der Waals surface area contributed by atoms with Crippen molar-refractivity contribution in [2.75, 3.05) is 7.11 Å². The predicted octanol–water partition coefficient (Wildman–Crippen LogP) is 4.52. The highest BCUT2D eigenvalue weighted by molar-refractivity contribution is 7.26. The number of fused-ring (bicyclic) bond motifs is 1. The number of thiazole rings is 1. The minimum absolute atomic E-state index is 0.731. The van der Waals surface area contributed by atoms with Crippen molar-refractivity contribution in [3.8, 4) is 21.0 Å². The molecule has 3 rings (SSSR count). The number of aromatic nitrogens is 1. The first-order chi connectivity index (χ1) is 9.63. The van der Waals surface area contributed by atoms with E-state index in [4.69, 9.17) is 9.72 Å². The molecule has 0 spiro atoms. The van der Waals surface area contributed by atoms with E-state index >= 15 is 0 Å². The number of methoxy groups -OCH3 is 1. The summed E-state index contributed by atoms with van der Waals surface area (Å²) in [5.41, 5.74) is 3.79. The fourth-order valence-electron chi connectivity index (χ4n) is 2.12. The second-order valence-corrected chi connectivity index (χ2v) is 6.54. The van der Waals surface area contributed by atoms with Gasteiger partial charge in [-0.3, -0.25) is 0 Å². The van der Waals surface area contributed by atoms with Crippen LogP contribution in [0.15, 0.2) is 18.2 Å². The zero-order chi connectivity index (χ0) is 14.3. The number of ether oxygens (including phenoxy) is 1. The van der Waals surface area contributed by atoms with Gasteiger partial charge in [-0.2, -0.15) is 5.26 Å². The number of rotatable bonds is 2. The van der Waals surface area contributed by atoms with E-state index in [0.717, 1.165) is 41.9 Å². The Bertz CT molecular complexity index is 840. The van der Waals surface area contributed by atoms with E-state index in [1.165, 1.54) is 0 Å². The summed E-state index contributed by atoms with van der Waals surface area (Å²) in [4.78, 5) is 5.83. The van der Waals surface area contributed by atoms with Gasteiger partial charge in [-0.1, -0.05) is 11.3 Å². The summed E-state index contributed by atoms with van der Waals surface area (Å²) in [7, 11) is 1.67. The van der Waals surface area contributed by atoms with Crippen molar-refractivity contribution in [2.24, 2.45) is 0 Å². The first-order valence-electron chi connectivity index (χ1n) is 6.09. The summed E-state index contributed by atoms with van der Waals surface area (Å²) < 4.78 is 6.33. The molecule has 0 atom stereocenters. The standard InChI is InChI=1S/C15H12N2OS2/c1-8-6-10(7-16)9(2)14-13(8)17-15(20-14)11-4-5-12(18-3)19-11/h4-6H,1-3H3. The molecule has 0 radical (unpaired) electrons. The molecule has 0 fully saturated rings. The number of hydrogen-bond donors (Lipinski definition) is 0. The Kier molecular flexibility index (Phi) is 3.20.